The topological polar surface area (TPSA) is 33.2 Å². The Hall–Kier alpha value is -2.63. The summed E-state index contributed by atoms with van der Waals surface area (Å²) in [6.45, 7) is 4.69. The SMILES string of the molecule is Cc1ccc(C)c2sc(N(Cc3ccccc3)C(=O)CSc3ccccc3)nc12. The Morgan fingerprint density at radius 1 is 0.931 bits per heavy atom. The lowest BCUT2D eigenvalue weighted by atomic mass is 10.1. The largest absolute Gasteiger partial charge is 0.283 e. The molecule has 0 fully saturated rings. The van der Waals surface area contributed by atoms with Crippen molar-refractivity contribution >= 4 is 44.4 Å². The summed E-state index contributed by atoms with van der Waals surface area (Å²) in [4.78, 5) is 21.0. The second-order valence-corrected chi connectivity index (χ2v) is 8.97. The quantitative estimate of drug-likeness (QED) is 0.348. The van der Waals surface area contributed by atoms with Gasteiger partial charge in [-0.25, -0.2) is 4.98 Å². The van der Waals surface area contributed by atoms with Crippen LogP contribution in [0.15, 0.2) is 77.7 Å². The minimum Gasteiger partial charge on any atom is -0.283 e. The number of rotatable bonds is 6. The van der Waals surface area contributed by atoms with Gasteiger partial charge in [-0.05, 0) is 42.7 Å². The number of benzene rings is 3. The smallest absolute Gasteiger partial charge is 0.239 e. The molecular formula is C24H22N2OS2. The standard InChI is InChI=1S/C24H22N2OS2/c1-17-13-14-18(2)23-22(17)25-24(29-23)26(15-19-9-5-3-6-10-19)21(27)16-28-20-11-7-4-8-12-20/h3-14H,15-16H2,1-2H3. The molecule has 0 unspecified atom stereocenters. The van der Waals surface area contributed by atoms with Crippen LogP contribution in [0.5, 0.6) is 0 Å². The Morgan fingerprint density at radius 3 is 2.28 bits per heavy atom. The third-order valence-electron chi connectivity index (χ3n) is 4.75. The van der Waals surface area contributed by atoms with Gasteiger partial charge >= 0.3 is 0 Å². The molecule has 1 aromatic heterocycles. The van der Waals surface area contributed by atoms with E-state index in [1.807, 2.05) is 53.4 Å². The Bertz CT molecular complexity index is 1080. The second-order valence-electron chi connectivity index (χ2n) is 6.94. The molecule has 3 nitrogen and oxygen atoms in total. The highest BCUT2D eigenvalue weighted by molar-refractivity contribution is 8.00. The van der Waals surface area contributed by atoms with Gasteiger partial charge in [-0.2, -0.15) is 0 Å². The summed E-state index contributed by atoms with van der Waals surface area (Å²) in [7, 11) is 0. The summed E-state index contributed by atoms with van der Waals surface area (Å²) in [5, 5.41) is 0.764. The highest BCUT2D eigenvalue weighted by Gasteiger charge is 2.21. The second kappa shape index (κ2) is 8.80. The van der Waals surface area contributed by atoms with Gasteiger partial charge in [0.1, 0.15) is 0 Å². The van der Waals surface area contributed by atoms with E-state index >= 15 is 0 Å². The molecule has 3 aromatic carbocycles. The van der Waals surface area contributed by atoms with Crippen LogP contribution in [0.2, 0.25) is 0 Å². The Balaban J connectivity index is 1.65. The van der Waals surface area contributed by atoms with E-state index in [1.165, 1.54) is 5.56 Å². The molecule has 0 radical (unpaired) electrons. The fraction of sp³-hybridized carbons (Fsp3) is 0.167. The van der Waals surface area contributed by atoms with Gasteiger partial charge in [0.2, 0.25) is 5.91 Å². The highest BCUT2D eigenvalue weighted by Crippen LogP contribution is 2.34. The Labute approximate surface area is 179 Å². The van der Waals surface area contributed by atoms with Gasteiger partial charge in [-0.3, -0.25) is 9.69 Å². The summed E-state index contributed by atoms with van der Waals surface area (Å²) >= 11 is 3.16. The molecule has 0 aliphatic rings. The van der Waals surface area contributed by atoms with E-state index in [4.69, 9.17) is 4.98 Å². The van der Waals surface area contributed by atoms with Crippen molar-refractivity contribution in [3.8, 4) is 0 Å². The van der Waals surface area contributed by atoms with Gasteiger partial charge in [-0.15, -0.1) is 11.8 Å². The fourth-order valence-corrected chi connectivity index (χ4v) is 5.06. The number of carbonyl (C=O) groups is 1. The fourth-order valence-electron chi connectivity index (χ4n) is 3.13. The normalized spacial score (nSPS) is 11.0. The lowest BCUT2D eigenvalue weighted by molar-refractivity contribution is -0.116. The van der Waals surface area contributed by atoms with Crippen LogP contribution in [0.4, 0.5) is 5.13 Å². The molecule has 0 aliphatic heterocycles. The van der Waals surface area contributed by atoms with Gasteiger partial charge in [0, 0.05) is 4.90 Å². The van der Waals surface area contributed by atoms with Crippen molar-refractivity contribution in [2.75, 3.05) is 10.7 Å². The summed E-state index contributed by atoms with van der Waals surface area (Å²) in [5.74, 6) is 0.446. The number of aromatic nitrogens is 1. The molecule has 5 heteroatoms. The van der Waals surface area contributed by atoms with Crippen LogP contribution < -0.4 is 4.90 Å². The number of nitrogens with zero attached hydrogens (tertiary/aromatic N) is 2. The van der Waals surface area contributed by atoms with Crippen LogP contribution in [0, 0.1) is 13.8 Å². The van der Waals surface area contributed by atoms with Crippen LogP contribution in [-0.2, 0) is 11.3 Å². The molecule has 1 heterocycles. The maximum absolute atomic E-state index is 13.2. The lowest BCUT2D eigenvalue weighted by Gasteiger charge is -2.20. The zero-order valence-electron chi connectivity index (χ0n) is 16.5. The highest BCUT2D eigenvalue weighted by atomic mass is 32.2. The molecule has 0 atom stereocenters. The summed E-state index contributed by atoms with van der Waals surface area (Å²) in [6.07, 6.45) is 0. The van der Waals surface area contributed by atoms with Crippen molar-refractivity contribution in [3.05, 3.63) is 89.5 Å². The van der Waals surface area contributed by atoms with Crippen LogP contribution >= 0.6 is 23.1 Å². The number of hydrogen-bond acceptors (Lipinski definition) is 4. The molecule has 0 bridgehead atoms. The number of anilines is 1. The summed E-state index contributed by atoms with van der Waals surface area (Å²) in [5.41, 5.74) is 4.42. The van der Waals surface area contributed by atoms with Crippen molar-refractivity contribution in [1.29, 1.82) is 0 Å². The first-order valence-electron chi connectivity index (χ1n) is 9.50. The molecule has 4 aromatic rings. The Morgan fingerprint density at radius 2 is 1.59 bits per heavy atom. The van der Waals surface area contributed by atoms with Gasteiger partial charge in [0.25, 0.3) is 0 Å². The van der Waals surface area contributed by atoms with E-state index in [-0.39, 0.29) is 5.91 Å². The maximum atomic E-state index is 13.2. The van der Waals surface area contributed by atoms with Crippen LogP contribution in [0.1, 0.15) is 16.7 Å². The van der Waals surface area contributed by atoms with Crippen molar-refractivity contribution in [2.45, 2.75) is 25.3 Å². The molecule has 0 saturated carbocycles. The number of thioether (sulfide) groups is 1. The van der Waals surface area contributed by atoms with E-state index in [0.29, 0.717) is 12.3 Å². The molecule has 29 heavy (non-hydrogen) atoms. The molecule has 0 N–H and O–H groups in total. The van der Waals surface area contributed by atoms with Crippen molar-refractivity contribution in [3.63, 3.8) is 0 Å². The van der Waals surface area contributed by atoms with E-state index < -0.39 is 0 Å². The molecule has 0 saturated heterocycles. The third kappa shape index (κ3) is 4.52. The Kier molecular flexibility index (Phi) is 5.97. The molecule has 1 amide bonds. The number of fused-ring (bicyclic) bond motifs is 1. The van der Waals surface area contributed by atoms with Crippen molar-refractivity contribution in [1.82, 2.24) is 4.98 Å². The van der Waals surface area contributed by atoms with E-state index in [9.17, 15) is 4.79 Å². The third-order valence-corrected chi connectivity index (χ3v) is 6.96. The minimum absolute atomic E-state index is 0.0667. The first-order valence-corrected chi connectivity index (χ1v) is 11.3. The van der Waals surface area contributed by atoms with E-state index in [0.717, 1.165) is 31.4 Å². The predicted octanol–water partition coefficient (Wildman–Crippen LogP) is 6.24. The number of aryl methyl sites for hydroxylation is 2. The molecule has 4 rings (SSSR count). The van der Waals surface area contributed by atoms with E-state index in [1.54, 1.807) is 23.1 Å². The van der Waals surface area contributed by atoms with Crippen molar-refractivity contribution < 1.29 is 4.79 Å². The first-order chi connectivity index (χ1) is 14.1. The number of thiazole rings is 1. The monoisotopic (exact) mass is 418 g/mol. The van der Waals surface area contributed by atoms with Gasteiger partial charge < -0.3 is 0 Å². The number of carbonyl (C=O) groups excluding carboxylic acids is 1. The number of hydrogen-bond donors (Lipinski definition) is 0. The zero-order valence-corrected chi connectivity index (χ0v) is 18.1. The average molecular weight is 419 g/mol. The predicted molar refractivity (Wildman–Crippen MR) is 124 cm³/mol. The van der Waals surface area contributed by atoms with Crippen LogP contribution in [0.3, 0.4) is 0 Å². The molecule has 0 spiro atoms. The van der Waals surface area contributed by atoms with Crippen LogP contribution in [0.25, 0.3) is 10.2 Å². The molecule has 146 valence electrons. The maximum Gasteiger partial charge on any atom is 0.239 e. The van der Waals surface area contributed by atoms with E-state index in [2.05, 4.69) is 38.1 Å². The zero-order chi connectivity index (χ0) is 20.2. The van der Waals surface area contributed by atoms with Gasteiger partial charge in [0.05, 0.1) is 22.5 Å². The van der Waals surface area contributed by atoms with Gasteiger partial charge in [-0.1, -0.05) is 72.0 Å². The first kappa shape index (κ1) is 19.7. The molecule has 0 aliphatic carbocycles. The summed E-state index contributed by atoms with van der Waals surface area (Å²) < 4.78 is 1.15. The lowest BCUT2D eigenvalue weighted by Crippen LogP contribution is -2.31. The average Bonchev–Trinajstić information content (AvgIpc) is 3.21. The molecular weight excluding hydrogens is 396 g/mol. The number of amides is 1. The van der Waals surface area contributed by atoms with Crippen molar-refractivity contribution in [2.24, 2.45) is 0 Å². The summed E-state index contributed by atoms with van der Waals surface area (Å²) in [6, 6.07) is 24.3. The van der Waals surface area contributed by atoms with Crippen LogP contribution in [-0.4, -0.2) is 16.6 Å². The van der Waals surface area contributed by atoms with Gasteiger partial charge in [0.15, 0.2) is 5.13 Å². The minimum atomic E-state index is 0.0667.